The molecule has 3 rings (SSSR count). The maximum absolute atomic E-state index is 13.9. The summed E-state index contributed by atoms with van der Waals surface area (Å²) in [4.78, 5) is 28.2. The van der Waals surface area contributed by atoms with E-state index in [0.29, 0.717) is 11.6 Å². The first-order valence-electron chi connectivity index (χ1n) is 12.4. The number of amides is 2. The van der Waals surface area contributed by atoms with Gasteiger partial charge in [0.1, 0.15) is 12.6 Å². The predicted octanol–water partition coefficient (Wildman–Crippen LogP) is 6.18. The van der Waals surface area contributed by atoms with Gasteiger partial charge in [0.15, 0.2) is 0 Å². The first-order valence-corrected chi connectivity index (χ1v) is 15.0. The smallest absolute Gasteiger partial charge is 0.264 e. The maximum Gasteiger partial charge on any atom is 0.264 e. The summed E-state index contributed by atoms with van der Waals surface area (Å²) in [5.74, 6) is -0.911. The molecule has 0 heterocycles. The van der Waals surface area contributed by atoms with Crippen molar-refractivity contribution in [1.29, 1.82) is 0 Å². The molecule has 39 heavy (non-hydrogen) atoms. The highest BCUT2D eigenvalue weighted by Crippen LogP contribution is 2.31. The molecule has 3 aromatic rings. The molecular weight excluding hydrogens is 581 g/mol. The summed E-state index contributed by atoms with van der Waals surface area (Å²) in [6, 6.07) is 18.1. The molecule has 1 atom stereocenters. The minimum absolute atomic E-state index is 0.00141. The molecule has 0 unspecified atom stereocenters. The number of unbranched alkanes of at least 4 members (excludes halogenated alkanes) is 1. The van der Waals surface area contributed by atoms with Crippen LogP contribution in [0.5, 0.6) is 0 Å². The molecule has 0 aliphatic carbocycles. The van der Waals surface area contributed by atoms with Crippen LogP contribution in [0.1, 0.15) is 32.3 Å². The summed E-state index contributed by atoms with van der Waals surface area (Å²) >= 11 is 18.3. The Balaban J connectivity index is 2.00. The van der Waals surface area contributed by atoms with E-state index in [1.54, 1.807) is 49.4 Å². The van der Waals surface area contributed by atoms with Gasteiger partial charge in [-0.1, -0.05) is 78.5 Å². The van der Waals surface area contributed by atoms with Crippen molar-refractivity contribution in [2.45, 2.75) is 44.2 Å². The Morgan fingerprint density at radius 1 is 0.923 bits per heavy atom. The fourth-order valence-electron chi connectivity index (χ4n) is 3.79. The van der Waals surface area contributed by atoms with Crippen molar-refractivity contribution in [3.05, 3.63) is 93.4 Å². The molecule has 0 aliphatic rings. The van der Waals surface area contributed by atoms with Gasteiger partial charge in [-0.2, -0.15) is 0 Å². The fourth-order valence-corrected chi connectivity index (χ4v) is 5.64. The number of sulfonamides is 1. The Morgan fingerprint density at radius 2 is 1.59 bits per heavy atom. The molecule has 0 fully saturated rings. The Labute approximate surface area is 244 Å². The average Bonchev–Trinajstić information content (AvgIpc) is 2.93. The second-order valence-electron chi connectivity index (χ2n) is 8.89. The van der Waals surface area contributed by atoms with E-state index in [1.807, 2.05) is 6.92 Å². The summed E-state index contributed by atoms with van der Waals surface area (Å²) in [5, 5.41) is 3.76. The van der Waals surface area contributed by atoms with Crippen molar-refractivity contribution in [3.63, 3.8) is 0 Å². The molecule has 0 saturated carbocycles. The lowest BCUT2D eigenvalue weighted by molar-refractivity contribution is -0.139. The molecule has 3 aromatic carbocycles. The zero-order valence-electron chi connectivity index (χ0n) is 21.6. The third-order valence-corrected chi connectivity index (χ3v) is 8.84. The summed E-state index contributed by atoms with van der Waals surface area (Å²) < 4.78 is 28.5. The van der Waals surface area contributed by atoms with Crippen LogP contribution in [0.15, 0.2) is 77.7 Å². The van der Waals surface area contributed by atoms with Crippen LogP contribution in [0.4, 0.5) is 5.69 Å². The number of nitrogens with zero attached hydrogens (tertiary/aromatic N) is 2. The van der Waals surface area contributed by atoms with Gasteiger partial charge >= 0.3 is 0 Å². The summed E-state index contributed by atoms with van der Waals surface area (Å²) in [6.07, 6.45) is 1.70. The second-order valence-corrected chi connectivity index (χ2v) is 12.0. The van der Waals surface area contributed by atoms with E-state index in [2.05, 4.69) is 5.32 Å². The molecule has 208 valence electrons. The Hall–Kier alpha value is -2.78. The van der Waals surface area contributed by atoms with E-state index in [9.17, 15) is 18.0 Å². The zero-order chi connectivity index (χ0) is 28.6. The molecule has 2 amide bonds. The highest BCUT2D eigenvalue weighted by molar-refractivity contribution is 7.92. The highest BCUT2D eigenvalue weighted by atomic mass is 35.5. The van der Waals surface area contributed by atoms with Crippen LogP contribution >= 0.6 is 34.8 Å². The number of carbonyl (C=O) groups is 2. The van der Waals surface area contributed by atoms with Crippen molar-refractivity contribution >= 4 is 62.3 Å². The van der Waals surface area contributed by atoms with Crippen molar-refractivity contribution in [3.8, 4) is 0 Å². The molecule has 0 spiro atoms. The molecule has 0 bridgehead atoms. The lowest BCUT2D eigenvalue weighted by Gasteiger charge is -2.32. The van der Waals surface area contributed by atoms with Crippen LogP contribution in [-0.4, -0.2) is 44.3 Å². The number of rotatable bonds is 12. The van der Waals surface area contributed by atoms with Gasteiger partial charge in [-0.15, -0.1) is 0 Å². The molecule has 0 aliphatic heterocycles. The molecule has 1 N–H and O–H groups in total. The van der Waals surface area contributed by atoms with E-state index in [0.717, 1.165) is 22.7 Å². The third-order valence-electron chi connectivity index (χ3n) is 6.06. The third kappa shape index (κ3) is 8.11. The van der Waals surface area contributed by atoms with Crippen molar-refractivity contribution in [1.82, 2.24) is 10.2 Å². The minimum atomic E-state index is -4.19. The quantitative estimate of drug-likeness (QED) is 0.248. The number of hydrogen-bond donors (Lipinski definition) is 1. The van der Waals surface area contributed by atoms with Gasteiger partial charge in [-0.3, -0.25) is 13.9 Å². The Morgan fingerprint density at radius 3 is 2.21 bits per heavy atom. The van der Waals surface area contributed by atoms with E-state index in [-0.39, 0.29) is 33.1 Å². The van der Waals surface area contributed by atoms with Gasteiger partial charge in [0, 0.05) is 18.1 Å². The van der Waals surface area contributed by atoms with E-state index in [4.69, 9.17) is 34.8 Å². The fraction of sp³-hybridized carbons (Fsp3) is 0.286. The van der Waals surface area contributed by atoms with Gasteiger partial charge in [-0.25, -0.2) is 8.42 Å². The predicted molar refractivity (Wildman–Crippen MR) is 157 cm³/mol. The van der Waals surface area contributed by atoms with Crippen molar-refractivity contribution in [2.75, 3.05) is 17.4 Å². The maximum atomic E-state index is 13.9. The molecule has 7 nitrogen and oxygen atoms in total. The second kappa shape index (κ2) is 14.0. The van der Waals surface area contributed by atoms with Gasteiger partial charge in [0.2, 0.25) is 11.8 Å². The zero-order valence-corrected chi connectivity index (χ0v) is 24.7. The number of carbonyl (C=O) groups excluding carboxylic acids is 2. The largest absolute Gasteiger partial charge is 0.354 e. The first kappa shape index (κ1) is 30.8. The Kier molecular flexibility index (Phi) is 11.1. The topological polar surface area (TPSA) is 86.8 Å². The SMILES string of the molecule is CCCCNC(=O)[C@@H](C)N(Cc1ccc(Cl)cc1)C(=O)CN(c1ccc(Cl)c(Cl)c1)S(=O)(=O)c1ccccc1. The van der Waals surface area contributed by atoms with Gasteiger partial charge in [0.25, 0.3) is 10.0 Å². The van der Waals surface area contributed by atoms with Crippen molar-refractivity contribution in [2.24, 2.45) is 0 Å². The molecule has 0 saturated heterocycles. The highest BCUT2D eigenvalue weighted by Gasteiger charge is 2.32. The van der Waals surface area contributed by atoms with Gasteiger partial charge < -0.3 is 10.2 Å². The molecule has 0 radical (unpaired) electrons. The Bertz CT molecular complexity index is 1390. The normalized spacial score (nSPS) is 12.0. The number of halogens is 3. The molecule has 11 heteroatoms. The van der Waals surface area contributed by atoms with Crippen LogP contribution in [0, 0.1) is 0 Å². The number of anilines is 1. The van der Waals surface area contributed by atoms with Crippen LogP contribution in [0.3, 0.4) is 0 Å². The summed E-state index contributed by atoms with van der Waals surface area (Å²) in [6.45, 7) is 3.59. The first-order chi connectivity index (χ1) is 18.5. The van der Waals surface area contributed by atoms with Crippen molar-refractivity contribution < 1.29 is 18.0 Å². The van der Waals surface area contributed by atoms with Crippen LogP contribution in [0.25, 0.3) is 0 Å². The van der Waals surface area contributed by atoms with Crippen LogP contribution < -0.4 is 9.62 Å². The van der Waals surface area contributed by atoms with E-state index in [1.165, 1.54) is 35.2 Å². The van der Waals surface area contributed by atoms with Gasteiger partial charge in [-0.05, 0) is 61.4 Å². The average molecular weight is 611 g/mol. The lowest BCUT2D eigenvalue weighted by Crippen LogP contribution is -2.51. The lowest BCUT2D eigenvalue weighted by atomic mass is 10.1. The van der Waals surface area contributed by atoms with Gasteiger partial charge in [0.05, 0.1) is 20.6 Å². The summed E-state index contributed by atoms with van der Waals surface area (Å²) in [5.41, 5.74) is 0.890. The van der Waals surface area contributed by atoms with E-state index < -0.39 is 28.5 Å². The number of benzene rings is 3. The van der Waals surface area contributed by atoms with Crippen LogP contribution in [-0.2, 0) is 26.2 Å². The summed E-state index contributed by atoms with van der Waals surface area (Å²) in [7, 11) is -4.19. The minimum Gasteiger partial charge on any atom is -0.354 e. The standard InChI is InChI=1S/C28H30Cl3N3O4S/c1-3-4-16-32-28(36)20(2)33(18-21-10-12-22(29)13-11-21)27(35)19-34(23-14-15-25(30)26(31)17-23)39(37,38)24-8-6-5-7-9-24/h5-15,17,20H,3-4,16,18-19H2,1-2H3,(H,32,36)/t20-/m1/s1. The van der Waals surface area contributed by atoms with Crippen LogP contribution in [0.2, 0.25) is 15.1 Å². The number of nitrogens with one attached hydrogen (secondary N) is 1. The molecular formula is C28H30Cl3N3O4S. The monoisotopic (exact) mass is 609 g/mol. The van der Waals surface area contributed by atoms with E-state index >= 15 is 0 Å². The molecule has 0 aromatic heterocycles. The number of hydrogen-bond acceptors (Lipinski definition) is 4.